The van der Waals surface area contributed by atoms with Crippen LogP contribution in [0.2, 0.25) is 0 Å². The minimum atomic E-state index is -0.330. The molecule has 6 nitrogen and oxygen atoms in total. The van der Waals surface area contributed by atoms with Crippen molar-refractivity contribution in [3.05, 3.63) is 95.6 Å². The number of carbonyl (C=O) groups is 2. The lowest BCUT2D eigenvalue weighted by Crippen LogP contribution is -2.24. The molecule has 0 unspecified atom stereocenters. The quantitative estimate of drug-likeness (QED) is 0.537. The Balaban J connectivity index is 1.63. The molecule has 0 radical (unpaired) electrons. The minimum absolute atomic E-state index is 0.280. The van der Waals surface area contributed by atoms with Crippen LogP contribution < -0.4 is 20.1 Å². The fourth-order valence-electron chi connectivity index (χ4n) is 2.91. The molecule has 0 aliphatic heterocycles. The standard InChI is InChI=1S/C25H24N2O4/c1-30-20-13-10-18(11-14-20)12-15-24(28)27-23-9-4-3-8-22(23)25(29)26-17-19-6-5-7-21(16-19)31-2/h3-16H,17H2,1-2H3,(H,26,29)(H,27,28)/b15-12+. The second-order valence-electron chi connectivity index (χ2n) is 6.68. The van der Waals surface area contributed by atoms with Crippen molar-refractivity contribution in [1.82, 2.24) is 5.32 Å². The summed E-state index contributed by atoms with van der Waals surface area (Å²) in [6.45, 7) is 0.343. The smallest absolute Gasteiger partial charge is 0.253 e. The Morgan fingerprint density at radius 1 is 0.871 bits per heavy atom. The zero-order valence-electron chi connectivity index (χ0n) is 17.4. The van der Waals surface area contributed by atoms with Crippen LogP contribution >= 0.6 is 0 Å². The SMILES string of the molecule is COc1ccc(/C=C/C(=O)Nc2ccccc2C(=O)NCc2cccc(OC)c2)cc1. The molecule has 0 bridgehead atoms. The first-order chi connectivity index (χ1) is 15.1. The highest BCUT2D eigenvalue weighted by atomic mass is 16.5. The van der Waals surface area contributed by atoms with E-state index in [-0.39, 0.29) is 11.8 Å². The summed E-state index contributed by atoms with van der Waals surface area (Å²) >= 11 is 0. The van der Waals surface area contributed by atoms with E-state index in [1.165, 1.54) is 6.08 Å². The molecule has 2 amide bonds. The molecule has 2 N–H and O–H groups in total. The van der Waals surface area contributed by atoms with E-state index in [9.17, 15) is 9.59 Å². The van der Waals surface area contributed by atoms with Gasteiger partial charge in [-0.05, 0) is 53.6 Å². The third-order valence-corrected chi connectivity index (χ3v) is 4.56. The summed E-state index contributed by atoms with van der Waals surface area (Å²) in [6, 6.07) is 21.7. The molecular formula is C25H24N2O4. The van der Waals surface area contributed by atoms with E-state index in [4.69, 9.17) is 9.47 Å². The van der Waals surface area contributed by atoms with Crippen molar-refractivity contribution in [3.63, 3.8) is 0 Å². The summed E-state index contributed by atoms with van der Waals surface area (Å²) in [5, 5.41) is 5.64. The van der Waals surface area contributed by atoms with Gasteiger partial charge in [0.25, 0.3) is 5.91 Å². The van der Waals surface area contributed by atoms with Crippen molar-refractivity contribution in [1.29, 1.82) is 0 Å². The average Bonchev–Trinajstić information content (AvgIpc) is 2.82. The molecule has 0 atom stereocenters. The average molecular weight is 416 g/mol. The van der Waals surface area contributed by atoms with Crippen LogP contribution in [0.5, 0.6) is 11.5 Å². The van der Waals surface area contributed by atoms with Gasteiger partial charge in [-0.3, -0.25) is 9.59 Å². The second-order valence-corrected chi connectivity index (χ2v) is 6.68. The Kier molecular flexibility index (Phi) is 7.43. The topological polar surface area (TPSA) is 76.7 Å². The van der Waals surface area contributed by atoms with Gasteiger partial charge in [0.2, 0.25) is 5.91 Å². The van der Waals surface area contributed by atoms with E-state index >= 15 is 0 Å². The highest BCUT2D eigenvalue weighted by molar-refractivity contribution is 6.07. The Hall–Kier alpha value is -4.06. The van der Waals surface area contributed by atoms with Gasteiger partial charge in [0, 0.05) is 12.6 Å². The highest BCUT2D eigenvalue weighted by Gasteiger charge is 2.12. The van der Waals surface area contributed by atoms with Crippen LogP contribution in [-0.2, 0) is 11.3 Å². The highest BCUT2D eigenvalue weighted by Crippen LogP contribution is 2.17. The molecule has 0 aliphatic rings. The zero-order valence-corrected chi connectivity index (χ0v) is 17.4. The van der Waals surface area contributed by atoms with Gasteiger partial charge in [0.15, 0.2) is 0 Å². The third kappa shape index (κ3) is 6.21. The normalized spacial score (nSPS) is 10.5. The van der Waals surface area contributed by atoms with Crippen molar-refractivity contribution < 1.29 is 19.1 Å². The molecule has 158 valence electrons. The number of nitrogens with one attached hydrogen (secondary N) is 2. The lowest BCUT2D eigenvalue weighted by Gasteiger charge is -2.11. The molecule has 0 heterocycles. The molecule has 0 aromatic heterocycles. The van der Waals surface area contributed by atoms with Crippen molar-refractivity contribution in [2.45, 2.75) is 6.54 Å². The number of carbonyl (C=O) groups excluding carboxylic acids is 2. The number of hydrogen-bond acceptors (Lipinski definition) is 4. The first-order valence-corrected chi connectivity index (χ1v) is 9.72. The summed E-state index contributed by atoms with van der Waals surface area (Å²) in [5.74, 6) is 0.861. The van der Waals surface area contributed by atoms with E-state index in [2.05, 4.69) is 10.6 Å². The van der Waals surface area contributed by atoms with Crippen LogP contribution in [0, 0.1) is 0 Å². The Morgan fingerprint density at radius 2 is 1.61 bits per heavy atom. The molecule has 0 spiro atoms. The third-order valence-electron chi connectivity index (χ3n) is 4.56. The Labute approximate surface area is 181 Å². The molecule has 3 aromatic carbocycles. The molecule has 0 saturated carbocycles. The first-order valence-electron chi connectivity index (χ1n) is 9.72. The van der Waals surface area contributed by atoms with Crippen molar-refractivity contribution >= 4 is 23.6 Å². The minimum Gasteiger partial charge on any atom is -0.497 e. The van der Waals surface area contributed by atoms with E-state index in [0.29, 0.717) is 17.8 Å². The molecule has 6 heteroatoms. The number of para-hydroxylation sites is 1. The second kappa shape index (κ2) is 10.6. The van der Waals surface area contributed by atoms with E-state index in [1.807, 2.05) is 48.5 Å². The van der Waals surface area contributed by atoms with Gasteiger partial charge in [0.1, 0.15) is 11.5 Å². The lowest BCUT2D eigenvalue weighted by molar-refractivity contribution is -0.111. The molecular weight excluding hydrogens is 392 g/mol. The largest absolute Gasteiger partial charge is 0.497 e. The van der Waals surface area contributed by atoms with Crippen molar-refractivity contribution in [3.8, 4) is 11.5 Å². The molecule has 31 heavy (non-hydrogen) atoms. The fraction of sp³-hybridized carbons (Fsp3) is 0.120. The van der Waals surface area contributed by atoms with Crippen molar-refractivity contribution in [2.24, 2.45) is 0 Å². The van der Waals surface area contributed by atoms with E-state index in [1.54, 1.807) is 44.6 Å². The first kappa shape index (κ1) is 21.6. The summed E-state index contributed by atoms with van der Waals surface area (Å²) in [7, 11) is 3.20. The van der Waals surface area contributed by atoms with Gasteiger partial charge in [0.05, 0.1) is 25.5 Å². The Bertz CT molecular complexity index is 1070. The summed E-state index contributed by atoms with van der Waals surface area (Å²) in [4.78, 5) is 25.1. The summed E-state index contributed by atoms with van der Waals surface area (Å²) in [5.41, 5.74) is 2.60. The van der Waals surface area contributed by atoms with Gasteiger partial charge in [-0.2, -0.15) is 0 Å². The number of amides is 2. The maximum atomic E-state index is 12.7. The fourth-order valence-corrected chi connectivity index (χ4v) is 2.91. The van der Waals surface area contributed by atoms with E-state index in [0.717, 1.165) is 22.6 Å². The molecule has 0 saturated heterocycles. The van der Waals surface area contributed by atoms with Crippen LogP contribution in [0.15, 0.2) is 78.9 Å². The maximum Gasteiger partial charge on any atom is 0.253 e. The van der Waals surface area contributed by atoms with Gasteiger partial charge in [-0.15, -0.1) is 0 Å². The molecule has 0 aliphatic carbocycles. The van der Waals surface area contributed by atoms with E-state index < -0.39 is 0 Å². The predicted octanol–water partition coefficient (Wildman–Crippen LogP) is 4.29. The van der Waals surface area contributed by atoms with Crippen LogP contribution in [0.25, 0.3) is 6.08 Å². The number of hydrogen-bond donors (Lipinski definition) is 2. The van der Waals surface area contributed by atoms with Crippen LogP contribution in [0.3, 0.4) is 0 Å². The van der Waals surface area contributed by atoms with Gasteiger partial charge >= 0.3 is 0 Å². The number of anilines is 1. The van der Waals surface area contributed by atoms with Crippen LogP contribution in [-0.4, -0.2) is 26.0 Å². The predicted molar refractivity (Wildman–Crippen MR) is 121 cm³/mol. The molecule has 0 fully saturated rings. The number of benzene rings is 3. The Morgan fingerprint density at radius 3 is 2.35 bits per heavy atom. The molecule has 3 rings (SSSR count). The number of ether oxygens (including phenoxy) is 2. The summed E-state index contributed by atoms with van der Waals surface area (Å²) < 4.78 is 10.3. The molecule has 3 aromatic rings. The van der Waals surface area contributed by atoms with Gasteiger partial charge < -0.3 is 20.1 Å². The lowest BCUT2D eigenvalue weighted by atomic mass is 10.1. The monoisotopic (exact) mass is 416 g/mol. The maximum absolute atomic E-state index is 12.7. The van der Waals surface area contributed by atoms with Crippen LogP contribution in [0.1, 0.15) is 21.5 Å². The van der Waals surface area contributed by atoms with Crippen molar-refractivity contribution in [2.75, 3.05) is 19.5 Å². The number of rotatable bonds is 8. The van der Waals surface area contributed by atoms with Gasteiger partial charge in [-0.1, -0.05) is 36.4 Å². The van der Waals surface area contributed by atoms with Gasteiger partial charge in [-0.25, -0.2) is 0 Å². The number of methoxy groups -OCH3 is 2. The van der Waals surface area contributed by atoms with Crippen LogP contribution in [0.4, 0.5) is 5.69 Å². The summed E-state index contributed by atoms with van der Waals surface area (Å²) in [6.07, 6.45) is 3.12. The zero-order chi connectivity index (χ0) is 22.1.